The Balaban J connectivity index is 2.06. The Bertz CT molecular complexity index is 964. The molecule has 3 rings (SSSR count). The van der Waals surface area contributed by atoms with E-state index in [1.165, 1.54) is 0 Å². The molecule has 31 heavy (non-hydrogen) atoms. The summed E-state index contributed by atoms with van der Waals surface area (Å²) in [6.45, 7) is 6.46. The zero-order valence-corrected chi connectivity index (χ0v) is 19.7. The lowest BCUT2D eigenvalue weighted by Gasteiger charge is -2.25. The minimum absolute atomic E-state index is 0.0444. The van der Waals surface area contributed by atoms with Crippen molar-refractivity contribution in [3.05, 3.63) is 69.7 Å². The number of carbonyl (C=O) groups is 2. The van der Waals surface area contributed by atoms with Crippen molar-refractivity contribution >= 4 is 33.4 Å². The van der Waals surface area contributed by atoms with Crippen LogP contribution in [0.1, 0.15) is 57.2 Å². The summed E-state index contributed by atoms with van der Waals surface area (Å²) in [5.74, 6) is -0.655. The molecule has 0 radical (unpaired) electrons. The van der Waals surface area contributed by atoms with Gasteiger partial charge in [0, 0.05) is 16.6 Å². The Morgan fingerprint density at radius 3 is 2.29 bits per heavy atom. The van der Waals surface area contributed by atoms with E-state index in [9.17, 15) is 14.7 Å². The number of unbranched alkanes of at least 4 members (excludes halogenated alkanes) is 2. The fourth-order valence-electron chi connectivity index (χ4n) is 3.75. The van der Waals surface area contributed by atoms with E-state index >= 15 is 0 Å². The number of aliphatic hydroxyl groups excluding tert-OH is 1. The summed E-state index contributed by atoms with van der Waals surface area (Å²) >= 11 is 3.38. The van der Waals surface area contributed by atoms with Crippen LogP contribution >= 0.6 is 15.9 Å². The first-order valence-electron chi connectivity index (χ1n) is 10.6. The summed E-state index contributed by atoms with van der Waals surface area (Å²) in [5.41, 5.74) is 1.39. The van der Waals surface area contributed by atoms with E-state index in [-0.39, 0.29) is 17.4 Å². The summed E-state index contributed by atoms with van der Waals surface area (Å²) in [6, 6.07) is 13.8. The Kier molecular flexibility index (Phi) is 7.55. The number of amides is 1. The van der Waals surface area contributed by atoms with Gasteiger partial charge < -0.3 is 14.7 Å². The number of likely N-dealkylation sites (tertiary alicyclic amines) is 1. The normalized spacial score (nSPS) is 18.1. The van der Waals surface area contributed by atoms with Crippen molar-refractivity contribution in [3.8, 4) is 5.75 Å². The first-order valence-corrected chi connectivity index (χ1v) is 11.4. The maximum atomic E-state index is 13.0. The van der Waals surface area contributed by atoms with Crippen LogP contribution in [0, 0.1) is 0 Å². The Morgan fingerprint density at radius 1 is 1.06 bits per heavy atom. The minimum Gasteiger partial charge on any atom is -0.507 e. The van der Waals surface area contributed by atoms with Crippen molar-refractivity contribution in [2.24, 2.45) is 0 Å². The van der Waals surface area contributed by atoms with E-state index in [2.05, 4.69) is 22.9 Å². The van der Waals surface area contributed by atoms with Gasteiger partial charge in [-0.25, -0.2) is 0 Å². The number of nitrogens with zero attached hydrogens (tertiary/aromatic N) is 1. The maximum absolute atomic E-state index is 13.0. The average Bonchev–Trinajstić information content (AvgIpc) is 2.99. The predicted octanol–water partition coefficient (Wildman–Crippen LogP) is 5.85. The first-order chi connectivity index (χ1) is 14.8. The van der Waals surface area contributed by atoms with Crippen molar-refractivity contribution in [3.63, 3.8) is 0 Å². The van der Waals surface area contributed by atoms with E-state index in [1.807, 2.05) is 38.1 Å². The number of Topliss-reactive ketones (excluding diaryl/α,β-unsaturated/α-hetero) is 1. The molecular weight excluding hydrogens is 458 g/mol. The van der Waals surface area contributed by atoms with Crippen molar-refractivity contribution in [1.82, 2.24) is 4.90 Å². The van der Waals surface area contributed by atoms with Crippen LogP contribution in [0.4, 0.5) is 0 Å². The van der Waals surface area contributed by atoms with Crippen molar-refractivity contribution in [1.29, 1.82) is 0 Å². The molecule has 1 heterocycles. The highest BCUT2D eigenvalue weighted by molar-refractivity contribution is 9.10. The zero-order chi connectivity index (χ0) is 22.5. The second-order valence-corrected chi connectivity index (χ2v) is 8.86. The summed E-state index contributed by atoms with van der Waals surface area (Å²) in [4.78, 5) is 27.5. The molecule has 164 valence electrons. The lowest BCUT2D eigenvalue weighted by Crippen LogP contribution is -2.30. The number of rotatable bonds is 8. The van der Waals surface area contributed by atoms with E-state index < -0.39 is 17.7 Å². The van der Waals surface area contributed by atoms with Crippen LogP contribution in [0.25, 0.3) is 5.76 Å². The lowest BCUT2D eigenvalue weighted by molar-refractivity contribution is -0.139. The fraction of sp³-hybridized carbons (Fsp3) is 0.360. The molecule has 2 aromatic rings. The SMILES string of the molecule is CCCCCN1C(=O)C(=O)/C(=C(\O)c2ccc(Br)cc2)C1c1ccc(OC(C)C)cc1. The standard InChI is InChI=1S/C25H28BrNO4/c1-4-5-6-15-27-22(17-9-13-20(14-10-17)31-16(2)3)21(24(29)25(27)30)23(28)18-7-11-19(26)12-8-18/h7-14,16,22,28H,4-6,15H2,1-3H3/b23-21-. The molecule has 5 nitrogen and oxygen atoms in total. The maximum Gasteiger partial charge on any atom is 0.295 e. The highest BCUT2D eigenvalue weighted by Gasteiger charge is 2.45. The second kappa shape index (κ2) is 10.1. The summed E-state index contributed by atoms with van der Waals surface area (Å²) < 4.78 is 6.58. The van der Waals surface area contributed by atoms with Gasteiger partial charge in [-0.3, -0.25) is 9.59 Å². The van der Waals surface area contributed by atoms with Gasteiger partial charge in [-0.05, 0) is 50.1 Å². The number of hydrogen-bond acceptors (Lipinski definition) is 4. The van der Waals surface area contributed by atoms with Gasteiger partial charge in [0.2, 0.25) is 0 Å². The van der Waals surface area contributed by atoms with Gasteiger partial charge in [0.1, 0.15) is 11.5 Å². The number of ketones is 1. The number of benzene rings is 2. The third-order valence-corrected chi connectivity index (χ3v) is 5.76. The van der Waals surface area contributed by atoms with Crippen LogP contribution in [0.2, 0.25) is 0 Å². The van der Waals surface area contributed by atoms with Gasteiger partial charge in [0.05, 0.1) is 17.7 Å². The molecule has 0 spiro atoms. The molecule has 1 N–H and O–H groups in total. The van der Waals surface area contributed by atoms with Crippen LogP contribution in [-0.4, -0.2) is 34.3 Å². The lowest BCUT2D eigenvalue weighted by atomic mass is 9.95. The Labute approximate surface area is 191 Å². The van der Waals surface area contributed by atoms with Crippen LogP contribution in [0.3, 0.4) is 0 Å². The second-order valence-electron chi connectivity index (χ2n) is 7.94. The molecule has 0 aliphatic carbocycles. The molecule has 1 amide bonds. The van der Waals surface area contributed by atoms with Gasteiger partial charge in [-0.2, -0.15) is 0 Å². The van der Waals surface area contributed by atoms with Crippen LogP contribution < -0.4 is 4.74 Å². The molecule has 1 aliphatic rings. The van der Waals surface area contributed by atoms with Crippen LogP contribution in [-0.2, 0) is 9.59 Å². The largest absolute Gasteiger partial charge is 0.507 e. The molecule has 0 aromatic heterocycles. The van der Waals surface area contributed by atoms with Gasteiger partial charge in [-0.1, -0.05) is 60.0 Å². The van der Waals surface area contributed by atoms with Crippen molar-refractivity contribution < 1.29 is 19.4 Å². The molecule has 0 bridgehead atoms. The number of halogens is 1. The quantitative estimate of drug-likeness (QED) is 0.220. The highest BCUT2D eigenvalue weighted by Crippen LogP contribution is 2.40. The summed E-state index contributed by atoms with van der Waals surface area (Å²) in [5, 5.41) is 11.0. The molecule has 0 saturated carbocycles. The van der Waals surface area contributed by atoms with E-state index in [0.717, 1.165) is 35.0 Å². The van der Waals surface area contributed by atoms with Crippen LogP contribution in [0.5, 0.6) is 5.75 Å². The molecule has 1 aliphatic heterocycles. The third-order valence-electron chi connectivity index (χ3n) is 5.23. The molecule has 1 unspecified atom stereocenters. The Hall–Kier alpha value is -2.60. The van der Waals surface area contributed by atoms with Gasteiger partial charge in [0.15, 0.2) is 0 Å². The fourth-order valence-corrected chi connectivity index (χ4v) is 4.02. The molecule has 2 aromatic carbocycles. The predicted molar refractivity (Wildman–Crippen MR) is 125 cm³/mol. The molecule has 1 atom stereocenters. The van der Waals surface area contributed by atoms with E-state index in [4.69, 9.17) is 4.74 Å². The van der Waals surface area contributed by atoms with Crippen LogP contribution in [0.15, 0.2) is 58.6 Å². The van der Waals surface area contributed by atoms with Crippen molar-refractivity contribution in [2.75, 3.05) is 6.54 Å². The van der Waals surface area contributed by atoms with Gasteiger partial charge >= 0.3 is 0 Å². The monoisotopic (exact) mass is 485 g/mol. The molecular formula is C25H28BrNO4. The smallest absolute Gasteiger partial charge is 0.295 e. The molecule has 1 fully saturated rings. The number of hydrogen-bond donors (Lipinski definition) is 1. The topological polar surface area (TPSA) is 66.8 Å². The van der Waals surface area contributed by atoms with Crippen molar-refractivity contribution in [2.45, 2.75) is 52.2 Å². The Morgan fingerprint density at radius 2 is 1.71 bits per heavy atom. The zero-order valence-electron chi connectivity index (χ0n) is 18.1. The van der Waals surface area contributed by atoms with E-state index in [0.29, 0.717) is 12.1 Å². The average molecular weight is 486 g/mol. The number of aliphatic hydroxyl groups is 1. The number of carbonyl (C=O) groups excluding carboxylic acids is 2. The van der Waals surface area contributed by atoms with E-state index in [1.54, 1.807) is 29.2 Å². The third kappa shape index (κ3) is 5.18. The molecule has 6 heteroatoms. The van der Waals surface area contributed by atoms with Gasteiger partial charge in [0.25, 0.3) is 11.7 Å². The summed E-state index contributed by atoms with van der Waals surface area (Å²) in [7, 11) is 0. The first kappa shape index (κ1) is 23.1. The number of ether oxygens (including phenoxy) is 1. The van der Waals surface area contributed by atoms with Gasteiger partial charge in [-0.15, -0.1) is 0 Å². The molecule has 1 saturated heterocycles. The minimum atomic E-state index is -0.649. The summed E-state index contributed by atoms with van der Waals surface area (Å²) in [6.07, 6.45) is 2.81. The highest BCUT2D eigenvalue weighted by atomic mass is 79.9.